The Kier molecular flexibility index (Phi) is 4.41. The topological polar surface area (TPSA) is 48.3 Å². The molecule has 1 N–H and O–H groups in total. The van der Waals surface area contributed by atoms with Gasteiger partial charge in [-0.2, -0.15) is 5.10 Å². The molecule has 0 aliphatic heterocycles. The predicted molar refractivity (Wildman–Crippen MR) is 73.3 cm³/mol. The maximum atomic E-state index is 5.89. The quantitative estimate of drug-likeness (QED) is 0.860. The van der Waals surface area contributed by atoms with Crippen molar-refractivity contribution in [2.24, 2.45) is 7.05 Å². The third kappa shape index (κ3) is 3.26. The normalized spacial score (nSPS) is 10.5. The molecule has 0 saturated carbocycles. The number of methoxy groups -OCH3 is 1. The van der Waals surface area contributed by atoms with Crippen molar-refractivity contribution < 1.29 is 9.47 Å². The summed E-state index contributed by atoms with van der Waals surface area (Å²) in [6, 6.07) is 5.89. The predicted octanol–water partition coefficient (Wildman–Crippen LogP) is 1.73. The van der Waals surface area contributed by atoms with Crippen LogP contribution < -0.4 is 14.8 Å². The summed E-state index contributed by atoms with van der Waals surface area (Å²) in [6.45, 7) is 1.21. The van der Waals surface area contributed by atoms with Gasteiger partial charge in [-0.1, -0.05) is 12.1 Å². The Bertz CT molecular complexity index is 537. The maximum absolute atomic E-state index is 5.89. The van der Waals surface area contributed by atoms with E-state index in [0.29, 0.717) is 6.61 Å². The summed E-state index contributed by atoms with van der Waals surface area (Å²) in [5.74, 6) is 1.53. The number of aromatic nitrogens is 2. The van der Waals surface area contributed by atoms with Crippen LogP contribution in [0.1, 0.15) is 11.1 Å². The van der Waals surface area contributed by atoms with E-state index < -0.39 is 0 Å². The zero-order chi connectivity index (χ0) is 13.7. The van der Waals surface area contributed by atoms with Crippen molar-refractivity contribution in [2.45, 2.75) is 13.2 Å². The smallest absolute Gasteiger partial charge is 0.166 e. The van der Waals surface area contributed by atoms with Crippen molar-refractivity contribution in [3.8, 4) is 11.5 Å². The largest absolute Gasteiger partial charge is 0.493 e. The van der Waals surface area contributed by atoms with Gasteiger partial charge in [-0.3, -0.25) is 4.68 Å². The number of benzene rings is 1. The summed E-state index contributed by atoms with van der Waals surface area (Å²) in [5.41, 5.74) is 2.11. The molecule has 1 aromatic heterocycles. The second kappa shape index (κ2) is 6.24. The van der Waals surface area contributed by atoms with Crippen LogP contribution in [0.25, 0.3) is 0 Å². The lowest BCUT2D eigenvalue weighted by Gasteiger charge is -2.14. The molecule has 0 unspecified atom stereocenters. The number of aryl methyl sites for hydroxylation is 1. The molecule has 0 aliphatic carbocycles. The number of hydrogen-bond acceptors (Lipinski definition) is 4. The van der Waals surface area contributed by atoms with E-state index in [1.165, 1.54) is 0 Å². The Hall–Kier alpha value is -2.01. The highest BCUT2D eigenvalue weighted by Gasteiger charge is 2.10. The lowest BCUT2D eigenvalue weighted by atomic mass is 10.2. The Balaban J connectivity index is 2.17. The van der Waals surface area contributed by atoms with Crippen LogP contribution in [-0.4, -0.2) is 23.9 Å². The van der Waals surface area contributed by atoms with Crippen molar-refractivity contribution in [1.82, 2.24) is 15.1 Å². The first-order valence-corrected chi connectivity index (χ1v) is 6.15. The minimum absolute atomic E-state index is 0.477. The second-order valence-electron chi connectivity index (χ2n) is 4.29. The van der Waals surface area contributed by atoms with Crippen molar-refractivity contribution in [3.05, 3.63) is 41.7 Å². The zero-order valence-corrected chi connectivity index (χ0v) is 11.5. The fraction of sp³-hybridized carbons (Fsp3) is 0.357. The number of hydrogen-bond donors (Lipinski definition) is 1. The van der Waals surface area contributed by atoms with Crippen LogP contribution in [0.5, 0.6) is 11.5 Å². The number of para-hydroxylation sites is 1. The fourth-order valence-corrected chi connectivity index (χ4v) is 1.92. The Labute approximate surface area is 113 Å². The molecule has 102 valence electrons. The van der Waals surface area contributed by atoms with Crippen molar-refractivity contribution >= 4 is 0 Å². The Morgan fingerprint density at radius 3 is 2.84 bits per heavy atom. The van der Waals surface area contributed by atoms with Crippen molar-refractivity contribution in [3.63, 3.8) is 0 Å². The molecule has 0 spiro atoms. The molecule has 5 nitrogen and oxygen atoms in total. The van der Waals surface area contributed by atoms with Gasteiger partial charge in [-0.15, -0.1) is 0 Å². The van der Waals surface area contributed by atoms with E-state index in [9.17, 15) is 0 Å². The molecule has 1 heterocycles. The summed E-state index contributed by atoms with van der Waals surface area (Å²) in [5, 5.41) is 7.25. The third-order valence-electron chi connectivity index (χ3n) is 2.79. The molecule has 0 radical (unpaired) electrons. The number of nitrogens with one attached hydrogen (secondary N) is 1. The summed E-state index contributed by atoms with van der Waals surface area (Å²) >= 11 is 0. The van der Waals surface area contributed by atoms with Gasteiger partial charge < -0.3 is 14.8 Å². The molecular weight excluding hydrogens is 242 g/mol. The zero-order valence-electron chi connectivity index (χ0n) is 11.5. The first kappa shape index (κ1) is 13.4. The van der Waals surface area contributed by atoms with E-state index in [1.807, 2.05) is 38.5 Å². The van der Waals surface area contributed by atoms with Gasteiger partial charge in [0.15, 0.2) is 11.5 Å². The van der Waals surface area contributed by atoms with Gasteiger partial charge in [0.25, 0.3) is 0 Å². The van der Waals surface area contributed by atoms with Gasteiger partial charge in [-0.25, -0.2) is 0 Å². The van der Waals surface area contributed by atoms with Gasteiger partial charge in [0.05, 0.1) is 13.3 Å². The van der Waals surface area contributed by atoms with E-state index in [1.54, 1.807) is 18.0 Å². The highest BCUT2D eigenvalue weighted by Crippen LogP contribution is 2.31. The van der Waals surface area contributed by atoms with Gasteiger partial charge >= 0.3 is 0 Å². The van der Waals surface area contributed by atoms with E-state index in [0.717, 1.165) is 29.2 Å². The summed E-state index contributed by atoms with van der Waals surface area (Å²) in [6.07, 6.45) is 3.74. The van der Waals surface area contributed by atoms with Gasteiger partial charge in [0.2, 0.25) is 0 Å². The number of nitrogens with zero attached hydrogens (tertiary/aromatic N) is 2. The van der Waals surface area contributed by atoms with Crippen LogP contribution in [0.2, 0.25) is 0 Å². The molecule has 0 fully saturated rings. The number of rotatable bonds is 6. The van der Waals surface area contributed by atoms with Crippen molar-refractivity contribution in [2.75, 3.05) is 14.2 Å². The maximum Gasteiger partial charge on any atom is 0.166 e. The standard InChI is InChI=1S/C14H19N3O2/c1-15-8-12-5-4-6-13(18-3)14(12)19-10-11-7-16-17(2)9-11/h4-7,9,15H,8,10H2,1-3H3. The molecule has 0 bridgehead atoms. The highest BCUT2D eigenvalue weighted by atomic mass is 16.5. The van der Waals surface area contributed by atoms with E-state index in [4.69, 9.17) is 9.47 Å². The summed E-state index contributed by atoms with van der Waals surface area (Å²) in [4.78, 5) is 0. The first-order valence-electron chi connectivity index (χ1n) is 6.15. The molecule has 19 heavy (non-hydrogen) atoms. The molecule has 0 aliphatic rings. The van der Waals surface area contributed by atoms with Crippen LogP contribution in [-0.2, 0) is 20.2 Å². The molecule has 1 aromatic carbocycles. The van der Waals surface area contributed by atoms with Crippen LogP contribution in [0.4, 0.5) is 0 Å². The van der Waals surface area contributed by atoms with Gasteiger partial charge in [0.1, 0.15) is 6.61 Å². The van der Waals surface area contributed by atoms with Crippen LogP contribution in [0, 0.1) is 0 Å². The lowest BCUT2D eigenvalue weighted by Crippen LogP contribution is -2.08. The third-order valence-corrected chi connectivity index (χ3v) is 2.79. The number of ether oxygens (including phenoxy) is 2. The Morgan fingerprint density at radius 2 is 2.21 bits per heavy atom. The van der Waals surface area contributed by atoms with Gasteiger partial charge in [0, 0.05) is 30.9 Å². The SMILES string of the molecule is CNCc1cccc(OC)c1OCc1cnn(C)c1. The molecule has 0 amide bonds. The van der Waals surface area contributed by atoms with E-state index in [-0.39, 0.29) is 0 Å². The summed E-state index contributed by atoms with van der Waals surface area (Å²) in [7, 11) is 5.44. The monoisotopic (exact) mass is 261 g/mol. The minimum Gasteiger partial charge on any atom is -0.493 e. The molecule has 2 rings (SSSR count). The molecule has 5 heteroatoms. The minimum atomic E-state index is 0.477. The Morgan fingerprint density at radius 1 is 1.37 bits per heavy atom. The average molecular weight is 261 g/mol. The lowest BCUT2D eigenvalue weighted by molar-refractivity contribution is 0.281. The molecular formula is C14H19N3O2. The van der Waals surface area contributed by atoms with E-state index >= 15 is 0 Å². The first-order chi connectivity index (χ1) is 9.24. The average Bonchev–Trinajstić information content (AvgIpc) is 2.83. The molecule has 0 saturated heterocycles. The van der Waals surface area contributed by atoms with Crippen LogP contribution >= 0.6 is 0 Å². The van der Waals surface area contributed by atoms with Crippen LogP contribution in [0.3, 0.4) is 0 Å². The molecule has 0 atom stereocenters. The van der Waals surface area contributed by atoms with E-state index in [2.05, 4.69) is 10.4 Å². The van der Waals surface area contributed by atoms with Crippen molar-refractivity contribution in [1.29, 1.82) is 0 Å². The van der Waals surface area contributed by atoms with Crippen LogP contribution in [0.15, 0.2) is 30.6 Å². The highest BCUT2D eigenvalue weighted by molar-refractivity contribution is 5.46. The summed E-state index contributed by atoms with van der Waals surface area (Å²) < 4.78 is 13.0. The second-order valence-corrected chi connectivity index (χ2v) is 4.29. The fourth-order valence-electron chi connectivity index (χ4n) is 1.92. The van der Waals surface area contributed by atoms with Gasteiger partial charge in [-0.05, 0) is 13.1 Å². The molecule has 2 aromatic rings.